The minimum atomic E-state index is -0.442. The fourth-order valence-corrected chi connectivity index (χ4v) is 5.73. The van der Waals surface area contributed by atoms with E-state index in [2.05, 4.69) is 10.6 Å². The van der Waals surface area contributed by atoms with Gasteiger partial charge in [0.15, 0.2) is 5.11 Å². The Hall–Kier alpha value is -2.65. The van der Waals surface area contributed by atoms with Gasteiger partial charge in [-0.05, 0) is 80.4 Å². The van der Waals surface area contributed by atoms with Gasteiger partial charge in [-0.3, -0.25) is 10.1 Å². The average molecular weight is 535 g/mol. The lowest BCUT2D eigenvalue weighted by molar-refractivity contribution is -0.115. The Morgan fingerprint density at radius 1 is 1.21 bits per heavy atom. The van der Waals surface area contributed by atoms with Crippen LogP contribution in [0.15, 0.2) is 40.8 Å². The van der Waals surface area contributed by atoms with E-state index in [1.54, 1.807) is 37.3 Å². The van der Waals surface area contributed by atoms with Crippen molar-refractivity contribution >= 4 is 74.8 Å². The van der Waals surface area contributed by atoms with Crippen LogP contribution in [0.1, 0.15) is 39.9 Å². The van der Waals surface area contributed by atoms with Gasteiger partial charge < -0.3 is 14.5 Å². The third-order valence-electron chi connectivity index (χ3n) is 5.04. The summed E-state index contributed by atoms with van der Waals surface area (Å²) >= 11 is 18.8. The fourth-order valence-electron chi connectivity index (χ4n) is 3.65. The Morgan fingerprint density at radius 3 is 2.71 bits per heavy atom. The largest absolute Gasteiger partial charge is 0.462 e. The third-order valence-corrected chi connectivity index (χ3v) is 6.89. The standard InChI is InChI=1S/C24H20Cl2N2O4S2/c1-2-31-23(30)21-17-4-3-5-19(17)34-22(21)28-24(33)27-20(29)9-7-16-6-8-18(32-16)13-10-14(25)12-15(26)11-13/h6-12H,2-5H2,1H3,(H2,27,28,29,33)/b9-7+. The van der Waals surface area contributed by atoms with E-state index in [1.807, 2.05) is 0 Å². The number of ether oxygens (including phenoxy) is 1. The van der Waals surface area contributed by atoms with Crippen molar-refractivity contribution in [3.8, 4) is 11.3 Å². The summed E-state index contributed by atoms with van der Waals surface area (Å²) in [5.41, 5.74) is 2.25. The van der Waals surface area contributed by atoms with Crippen LogP contribution in [0.25, 0.3) is 17.4 Å². The van der Waals surface area contributed by atoms with Crippen molar-refractivity contribution in [2.24, 2.45) is 0 Å². The van der Waals surface area contributed by atoms with Crippen LogP contribution in [0.4, 0.5) is 5.00 Å². The molecule has 1 aliphatic rings. The number of aryl methyl sites for hydroxylation is 1. The Balaban J connectivity index is 1.39. The second-order valence-electron chi connectivity index (χ2n) is 7.42. The van der Waals surface area contributed by atoms with Crippen molar-refractivity contribution in [2.45, 2.75) is 26.2 Å². The maximum absolute atomic E-state index is 12.5. The first-order valence-corrected chi connectivity index (χ1v) is 12.5. The molecule has 0 fully saturated rings. The number of benzene rings is 1. The number of thiophene rings is 1. The number of nitrogens with one attached hydrogen (secondary N) is 2. The number of furan rings is 1. The van der Waals surface area contributed by atoms with E-state index in [9.17, 15) is 9.59 Å². The molecular weight excluding hydrogens is 515 g/mol. The van der Waals surface area contributed by atoms with E-state index in [4.69, 9.17) is 44.6 Å². The summed E-state index contributed by atoms with van der Waals surface area (Å²) in [6, 6.07) is 8.60. The first-order valence-electron chi connectivity index (χ1n) is 10.5. The van der Waals surface area contributed by atoms with Crippen LogP contribution in [0.2, 0.25) is 10.0 Å². The monoisotopic (exact) mass is 534 g/mol. The minimum absolute atomic E-state index is 0.0915. The number of fused-ring (bicyclic) bond motifs is 1. The van der Waals surface area contributed by atoms with Gasteiger partial charge in [0.2, 0.25) is 5.91 Å². The number of thiocarbonyl (C=S) groups is 1. The van der Waals surface area contributed by atoms with Crippen molar-refractivity contribution in [3.63, 3.8) is 0 Å². The van der Waals surface area contributed by atoms with Crippen LogP contribution in [-0.2, 0) is 22.4 Å². The molecule has 0 aliphatic heterocycles. The fraction of sp³-hybridized carbons (Fsp3) is 0.208. The topological polar surface area (TPSA) is 80.6 Å². The molecule has 34 heavy (non-hydrogen) atoms. The van der Waals surface area contributed by atoms with Crippen LogP contribution in [0.3, 0.4) is 0 Å². The molecule has 176 valence electrons. The van der Waals surface area contributed by atoms with Crippen LogP contribution in [0, 0.1) is 0 Å². The van der Waals surface area contributed by atoms with Crippen molar-refractivity contribution in [1.82, 2.24) is 5.32 Å². The predicted molar refractivity (Wildman–Crippen MR) is 140 cm³/mol. The molecule has 0 radical (unpaired) electrons. The molecule has 0 saturated carbocycles. The lowest BCUT2D eigenvalue weighted by Crippen LogP contribution is -2.33. The van der Waals surface area contributed by atoms with Gasteiger partial charge in [-0.1, -0.05) is 23.2 Å². The number of hydrogen-bond donors (Lipinski definition) is 2. The Morgan fingerprint density at radius 2 is 1.97 bits per heavy atom. The second kappa shape index (κ2) is 10.7. The number of carbonyl (C=O) groups is 2. The van der Waals surface area contributed by atoms with Crippen molar-refractivity contribution in [3.05, 3.63) is 68.2 Å². The third kappa shape index (κ3) is 5.70. The molecule has 1 amide bonds. The molecule has 4 rings (SSSR count). The average Bonchev–Trinajstić information content (AvgIpc) is 3.47. The zero-order valence-electron chi connectivity index (χ0n) is 18.1. The summed E-state index contributed by atoms with van der Waals surface area (Å²) in [5.74, 6) is 0.217. The van der Waals surface area contributed by atoms with Crippen molar-refractivity contribution in [1.29, 1.82) is 0 Å². The van der Waals surface area contributed by atoms with Gasteiger partial charge in [0.25, 0.3) is 0 Å². The number of halogens is 2. The van der Waals surface area contributed by atoms with Gasteiger partial charge >= 0.3 is 5.97 Å². The molecule has 2 aromatic heterocycles. The summed E-state index contributed by atoms with van der Waals surface area (Å²) in [4.78, 5) is 26.0. The van der Waals surface area contributed by atoms with Crippen LogP contribution in [-0.4, -0.2) is 23.6 Å². The number of rotatable bonds is 6. The number of esters is 1. The van der Waals surface area contributed by atoms with Crippen molar-refractivity contribution < 1.29 is 18.7 Å². The van der Waals surface area contributed by atoms with Gasteiger partial charge in [-0.2, -0.15) is 0 Å². The van der Waals surface area contributed by atoms with Gasteiger partial charge in [-0.15, -0.1) is 11.3 Å². The lowest BCUT2D eigenvalue weighted by atomic mass is 10.1. The molecule has 0 saturated heterocycles. The summed E-state index contributed by atoms with van der Waals surface area (Å²) in [6.07, 6.45) is 5.59. The van der Waals surface area contributed by atoms with E-state index >= 15 is 0 Å². The molecule has 10 heteroatoms. The summed E-state index contributed by atoms with van der Waals surface area (Å²) in [5, 5.41) is 7.25. The van der Waals surface area contributed by atoms with E-state index in [0.29, 0.717) is 32.1 Å². The van der Waals surface area contributed by atoms with E-state index < -0.39 is 5.91 Å². The number of anilines is 1. The van der Waals surface area contributed by atoms with Crippen LogP contribution < -0.4 is 10.6 Å². The summed E-state index contributed by atoms with van der Waals surface area (Å²) < 4.78 is 11.0. The molecule has 1 aliphatic carbocycles. The SMILES string of the molecule is CCOC(=O)c1c(NC(=S)NC(=O)/C=C/c2ccc(-c3cc(Cl)cc(Cl)c3)o2)sc2c1CCC2. The van der Waals surface area contributed by atoms with Crippen LogP contribution >= 0.6 is 46.8 Å². The first-order chi connectivity index (χ1) is 16.3. The maximum Gasteiger partial charge on any atom is 0.341 e. The highest BCUT2D eigenvalue weighted by molar-refractivity contribution is 7.80. The molecule has 2 heterocycles. The summed E-state index contributed by atoms with van der Waals surface area (Å²) in [6.45, 7) is 2.05. The molecule has 1 aromatic carbocycles. The molecule has 6 nitrogen and oxygen atoms in total. The Labute approximate surface area is 215 Å². The Kier molecular flexibility index (Phi) is 7.73. The number of carbonyl (C=O) groups excluding carboxylic acids is 2. The highest BCUT2D eigenvalue weighted by Gasteiger charge is 2.28. The first kappa shape index (κ1) is 24.5. The van der Waals surface area contributed by atoms with Crippen molar-refractivity contribution in [2.75, 3.05) is 11.9 Å². The lowest BCUT2D eigenvalue weighted by Gasteiger charge is -2.09. The molecule has 0 atom stereocenters. The number of hydrogen-bond acceptors (Lipinski definition) is 6. The van der Waals surface area contributed by atoms with Gasteiger partial charge in [0.05, 0.1) is 12.2 Å². The van der Waals surface area contributed by atoms with E-state index in [1.165, 1.54) is 23.5 Å². The Bertz CT molecular complexity index is 1280. The molecule has 3 aromatic rings. The molecule has 0 unspecified atom stereocenters. The second-order valence-corrected chi connectivity index (χ2v) is 9.81. The zero-order chi connectivity index (χ0) is 24.2. The molecule has 2 N–H and O–H groups in total. The molecular formula is C24H20Cl2N2O4S2. The number of amides is 1. The van der Waals surface area contributed by atoms with Gasteiger partial charge in [0.1, 0.15) is 16.5 Å². The predicted octanol–water partition coefficient (Wildman–Crippen LogP) is 6.51. The minimum Gasteiger partial charge on any atom is -0.462 e. The quantitative estimate of drug-likeness (QED) is 0.213. The van der Waals surface area contributed by atoms with Crippen LogP contribution in [0.5, 0.6) is 0 Å². The summed E-state index contributed by atoms with van der Waals surface area (Å²) in [7, 11) is 0. The highest BCUT2D eigenvalue weighted by Crippen LogP contribution is 2.39. The maximum atomic E-state index is 12.5. The highest BCUT2D eigenvalue weighted by atomic mass is 35.5. The van der Waals surface area contributed by atoms with E-state index in [0.717, 1.165) is 35.3 Å². The van der Waals surface area contributed by atoms with E-state index in [-0.39, 0.29) is 17.7 Å². The normalized spacial score (nSPS) is 12.6. The smallest absolute Gasteiger partial charge is 0.341 e. The van der Waals surface area contributed by atoms with Gasteiger partial charge in [-0.25, -0.2) is 4.79 Å². The zero-order valence-corrected chi connectivity index (χ0v) is 21.2. The molecule has 0 spiro atoms. The molecule has 0 bridgehead atoms. The van der Waals surface area contributed by atoms with Gasteiger partial charge in [0, 0.05) is 26.6 Å².